The van der Waals surface area contributed by atoms with Gasteiger partial charge in [0.2, 0.25) is 0 Å². The Hall–Kier alpha value is -8.70. The van der Waals surface area contributed by atoms with E-state index in [2.05, 4.69) is 161 Å². The zero-order valence-corrected chi connectivity index (χ0v) is 35.5. The number of rotatable bonds is 6. The third-order valence-corrected chi connectivity index (χ3v) is 13.8. The fraction of sp³-hybridized carbons (Fsp3) is 0. The van der Waals surface area contributed by atoms with Crippen LogP contribution in [0.3, 0.4) is 0 Å². The Bertz CT molecular complexity index is 4060. The molecule has 7 heteroatoms. The molecule has 0 fully saturated rings. The largest absolute Gasteiger partial charge is 0.308 e. The summed E-state index contributed by atoms with van der Waals surface area (Å²) in [6, 6.07) is 74.3. The first kappa shape index (κ1) is 36.9. The Morgan fingerprint density at radius 2 is 0.938 bits per heavy atom. The van der Waals surface area contributed by atoms with E-state index in [4.69, 9.17) is 15.0 Å². The molecule has 0 aliphatic carbocycles. The molecule has 0 aliphatic rings. The van der Waals surface area contributed by atoms with Crippen molar-refractivity contribution < 1.29 is 0 Å². The molecular formula is C58H34N6S. The van der Waals surface area contributed by atoms with Crippen LogP contribution in [0.1, 0.15) is 5.56 Å². The number of nitriles is 1. The molecule has 0 radical (unpaired) electrons. The van der Waals surface area contributed by atoms with Crippen molar-refractivity contribution in [3.05, 3.63) is 212 Å². The van der Waals surface area contributed by atoms with Gasteiger partial charge in [0.05, 0.1) is 43.7 Å². The molecule has 0 saturated heterocycles. The first-order chi connectivity index (χ1) is 32.2. The second kappa shape index (κ2) is 14.7. The van der Waals surface area contributed by atoms with E-state index in [0.717, 1.165) is 82.8 Å². The molecular weight excluding hydrogens is 813 g/mol. The Labute approximate surface area is 377 Å². The second-order valence-electron chi connectivity index (χ2n) is 16.3. The van der Waals surface area contributed by atoms with Gasteiger partial charge < -0.3 is 9.13 Å². The SMILES string of the molecule is N#Cc1cc(-c2nc(-c3ccccc3)nc(-c3ccc(-c4ccccc4)cc3)n2)ccc1-n1c2ccccc2c2ccc3c(c4ccccc4n3-c3cccc4c3sc3ccccc34)c21. The van der Waals surface area contributed by atoms with E-state index in [9.17, 15) is 5.26 Å². The van der Waals surface area contributed by atoms with Crippen LogP contribution in [-0.2, 0) is 0 Å². The van der Waals surface area contributed by atoms with Crippen molar-refractivity contribution in [2.45, 2.75) is 0 Å². The zero-order chi connectivity index (χ0) is 43.0. The third kappa shape index (κ3) is 5.82. The highest BCUT2D eigenvalue weighted by Gasteiger charge is 2.24. The molecule has 0 saturated carbocycles. The minimum atomic E-state index is 0.493. The topological polar surface area (TPSA) is 72.3 Å². The average molecular weight is 847 g/mol. The van der Waals surface area contributed by atoms with Crippen LogP contribution in [0.4, 0.5) is 0 Å². The van der Waals surface area contributed by atoms with Crippen LogP contribution < -0.4 is 0 Å². The molecule has 0 bridgehead atoms. The molecule has 9 aromatic carbocycles. The Balaban J connectivity index is 1.02. The molecule has 0 spiro atoms. The standard InChI is InChI=1S/C58H34N6S/c59-35-41-34-40(58-61-56(38-16-5-2-6-17-38)60-57(62-58)39-28-26-37(27-29-39)36-14-3-1-4-15-36)30-32-47(41)64-48-22-10-7-18-42(48)44-31-33-50-53(54(44)64)46-20-8-11-23-49(46)63(50)51-24-13-21-45-43-19-9-12-25-52(43)65-55(45)51/h1-34H. The molecule has 0 unspecified atom stereocenters. The molecule has 65 heavy (non-hydrogen) atoms. The summed E-state index contributed by atoms with van der Waals surface area (Å²) in [5.74, 6) is 1.61. The van der Waals surface area contributed by atoms with E-state index in [-0.39, 0.29) is 0 Å². The van der Waals surface area contributed by atoms with E-state index in [1.54, 1.807) is 0 Å². The molecule has 4 heterocycles. The minimum absolute atomic E-state index is 0.493. The fourth-order valence-corrected chi connectivity index (χ4v) is 10.9. The summed E-state index contributed by atoms with van der Waals surface area (Å²) in [6.07, 6.45) is 0. The van der Waals surface area contributed by atoms with Crippen LogP contribution in [0.25, 0.3) is 120 Å². The quantitative estimate of drug-likeness (QED) is 0.167. The molecule has 0 aliphatic heterocycles. The van der Waals surface area contributed by atoms with E-state index in [1.165, 1.54) is 20.2 Å². The Morgan fingerprint density at radius 3 is 1.68 bits per heavy atom. The Kier molecular flexibility index (Phi) is 8.35. The summed E-state index contributed by atoms with van der Waals surface area (Å²) in [5.41, 5.74) is 11.5. The van der Waals surface area contributed by atoms with Gasteiger partial charge in [-0.15, -0.1) is 11.3 Å². The predicted molar refractivity (Wildman–Crippen MR) is 268 cm³/mol. The summed E-state index contributed by atoms with van der Waals surface area (Å²) >= 11 is 1.84. The van der Waals surface area contributed by atoms with Gasteiger partial charge in [-0.05, 0) is 59.7 Å². The molecule has 0 amide bonds. The minimum Gasteiger partial charge on any atom is -0.308 e. The maximum absolute atomic E-state index is 11.1. The molecule has 4 aromatic heterocycles. The van der Waals surface area contributed by atoms with Gasteiger partial charge in [0.25, 0.3) is 0 Å². The normalized spacial score (nSPS) is 11.7. The highest BCUT2D eigenvalue weighted by atomic mass is 32.1. The molecule has 0 N–H and O–H groups in total. The number of thiophene rings is 1. The highest BCUT2D eigenvalue weighted by Crippen LogP contribution is 2.45. The van der Waals surface area contributed by atoms with Gasteiger partial charge in [-0.25, -0.2) is 15.0 Å². The zero-order valence-electron chi connectivity index (χ0n) is 34.7. The summed E-state index contributed by atoms with van der Waals surface area (Å²) in [5, 5.41) is 18.1. The first-order valence-corrected chi connectivity index (χ1v) is 22.4. The van der Waals surface area contributed by atoms with Crippen LogP contribution in [0.15, 0.2) is 206 Å². The second-order valence-corrected chi connectivity index (χ2v) is 17.3. The van der Waals surface area contributed by atoms with Gasteiger partial charge in [-0.2, -0.15) is 5.26 Å². The molecule has 13 rings (SSSR count). The maximum Gasteiger partial charge on any atom is 0.164 e. The van der Waals surface area contributed by atoms with Gasteiger partial charge in [0.1, 0.15) is 6.07 Å². The number of aromatic nitrogens is 5. The molecule has 0 atom stereocenters. The van der Waals surface area contributed by atoms with Crippen molar-refractivity contribution in [2.75, 3.05) is 0 Å². The summed E-state index contributed by atoms with van der Waals surface area (Å²) in [4.78, 5) is 15.1. The van der Waals surface area contributed by atoms with Crippen molar-refractivity contribution in [3.63, 3.8) is 0 Å². The van der Waals surface area contributed by atoms with Crippen molar-refractivity contribution in [3.8, 4) is 62.7 Å². The van der Waals surface area contributed by atoms with Gasteiger partial charge >= 0.3 is 0 Å². The van der Waals surface area contributed by atoms with Crippen LogP contribution in [0, 0.1) is 11.3 Å². The maximum atomic E-state index is 11.1. The predicted octanol–water partition coefficient (Wildman–Crippen LogP) is 15.0. The average Bonchev–Trinajstić information content (AvgIpc) is 4.04. The Morgan fingerprint density at radius 1 is 0.385 bits per heavy atom. The summed E-state index contributed by atoms with van der Waals surface area (Å²) in [6.45, 7) is 0. The smallest absolute Gasteiger partial charge is 0.164 e. The van der Waals surface area contributed by atoms with Crippen LogP contribution >= 0.6 is 11.3 Å². The van der Waals surface area contributed by atoms with Crippen LogP contribution in [0.5, 0.6) is 0 Å². The molecule has 13 aromatic rings. The van der Waals surface area contributed by atoms with Crippen LogP contribution in [-0.4, -0.2) is 24.1 Å². The fourth-order valence-electron chi connectivity index (χ4n) is 9.68. The van der Waals surface area contributed by atoms with E-state index >= 15 is 0 Å². The van der Waals surface area contributed by atoms with Gasteiger partial charge in [-0.3, -0.25) is 0 Å². The van der Waals surface area contributed by atoms with E-state index in [1.807, 2.05) is 72.0 Å². The number of benzene rings is 9. The first-order valence-electron chi connectivity index (χ1n) is 21.6. The van der Waals surface area contributed by atoms with Crippen molar-refractivity contribution in [2.24, 2.45) is 0 Å². The number of nitrogens with zero attached hydrogens (tertiary/aromatic N) is 6. The van der Waals surface area contributed by atoms with Crippen molar-refractivity contribution >= 4 is 75.1 Å². The lowest BCUT2D eigenvalue weighted by Crippen LogP contribution is -2.02. The van der Waals surface area contributed by atoms with Crippen molar-refractivity contribution in [1.29, 1.82) is 5.26 Å². The molecule has 6 nitrogen and oxygen atoms in total. The monoisotopic (exact) mass is 846 g/mol. The highest BCUT2D eigenvalue weighted by molar-refractivity contribution is 7.26. The lowest BCUT2D eigenvalue weighted by atomic mass is 10.0. The lowest BCUT2D eigenvalue weighted by molar-refractivity contribution is 1.07. The van der Waals surface area contributed by atoms with E-state index in [0.29, 0.717) is 23.0 Å². The van der Waals surface area contributed by atoms with E-state index < -0.39 is 0 Å². The number of hydrogen-bond donors (Lipinski definition) is 0. The van der Waals surface area contributed by atoms with Crippen molar-refractivity contribution in [1.82, 2.24) is 24.1 Å². The lowest BCUT2D eigenvalue weighted by Gasteiger charge is -2.13. The summed E-state index contributed by atoms with van der Waals surface area (Å²) in [7, 11) is 0. The van der Waals surface area contributed by atoms with Gasteiger partial charge in [-0.1, -0.05) is 158 Å². The summed E-state index contributed by atoms with van der Waals surface area (Å²) < 4.78 is 7.23. The van der Waals surface area contributed by atoms with Crippen LogP contribution in [0.2, 0.25) is 0 Å². The number of para-hydroxylation sites is 2. The van der Waals surface area contributed by atoms with Gasteiger partial charge in [0, 0.05) is 53.7 Å². The molecule has 302 valence electrons. The van der Waals surface area contributed by atoms with Gasteiger partial charge in [0.15, 0.2) is 17.5 Å². The number of hydrogen-bond acceptors (Lipinski definition) is 5. The number of fused-ring (bicyclic) bond motifs is 10. The third-order valence-electron chi connectivity index (χ3n) is 12.6.